The lowest BCUT2D eigenvalue weighted by molar-refractivity contribution is -0.385. The average Bonchev–Trinajstić information content (AvgIpc) is 2.91. The highest BCUT2D eigenvalue weighted by molar-refractivity contribution is 14.1. The number of benzene rings is 2. The zero-order valence-electron chi connectivity index (χ0n) is 22.0. The Morgan fingerprint density at radius 1 is 1.27 bits per heavy atom. The van der Waals surface area contributed by atoms with Gasteiger partial charge < -0.3 is 34.7 Å². The number of methoxy groups -OCH3 is 2. The molecule has 1 heterocycles. The number of nitrogens with one attached hydrogen (secondary N) is 3. The molecule has 14 nitrogen and oxygen atoms in total. The number of carbonyl (C=O) groups excluding carboxylic acids is 2. The van der Waals surface area contributed by atoms with Crippen molar-refractivity contribution < 1.29 is 38.6 Å². The summed E-state index contributed by atoms with van der Waals surface area (Å²) in [5.41, 5.74) is 3.87. The number of nitro groups is 1. The number of rotatable bonds is 12. The van der Waals surface area contributed by atoms with Gasteiger partial charge in [-0.3, -0.25) is 15.5 Å². The van der Waals surface area contributed by atoms with Crippen molar-refractivity contribution in [1.82, 2.24) is 16.1 Å². The van der Waals surface area contributed by atoms with E-state index in [9.17, 15) is 24.8 Å². The first-order valence-corrected chi connectivity index (χ1v) is 12.9. The number of esters is 1. The largest absolute Gasteiger partial charge is 0.490 e. The van der Waals surface area contributed by atoms with Gasteiger partial charge in [0.15, 0.2) is 17.7 Å². The van der Waals surface area contributed by atoms with Crippen molar-refractivity contribution in [3.8, 4) is 17.2 Å². The standard InChI is InChI=1S/C25H28IN5O9/c1-5-39-19-10-15(22-21(24(33)38-4)13(2)28-25(34)29-22)6-7-18(19)40-12-20(32)30-27-11-14-8-16(26)23(37-3)17(9-14)31(35)36/h6-11,20,22,30,32H,5,12H2,1-4H3,(H2,28,29,34)/b27-11-/t20-,22+/m1/s1. The minimum absolute atomic E-state index is 0.149. The quantitative estimate of drug-likeness (QED) is 0.0655. The minimum atomic E-state index is -1.24. The average molecular weight is 669 g/mol. The van der Waals surface area contributed by atoms with Crippen molar-refractivity contribution >= 4 is 46.5 Å². The van der Waals surface area contributed by atoms with Gasteiger partial charge in [-0.05, 0) is 60.2 Å². The lowest BCUT2D eigenvalue weighted by Gasteiger charge is -2.28. The van der Waals surface area contributed by atoms with Crippen molar-refractivity contribution in [2.45, 2.75) is 26.1 Å². The number of nitro benzene ring substituents is 1. The van der Waals surface area contributed by atoms with Crippen LogP contribution in [0.2, 0.25) is 0 Å². The Bertz CT molecular complexity index is 1350. The Morgan fingerprint density at radius 2 is 2.02 bits per heavy atom. The van der Waals surface area contributed by atoms with Crippen LogP contribution in [0.15, 0.2) is 46.7 Å². The summed E-state index contributed by atoms with van der Waals surface area (Å²) in [4.78, 5) is 35.2. The summed E-state index contributed by atoms with van der Waals surface area (Å²) in [5.74, 6) is 0.180. The second kappa shape index (κ2) is 13.8. The van der Waals surface area contributed by atoms with Crippen LogP contribution < -0.4 is 30.3 Å². The summed E-state index contributed by atoms with van der Waals surface area (Å²) in [6, 6.07) is 6.56. The molecule has 0 bridgehead atoms. The van der Waals surface area contributed by atoms with Gasteiger partial charge in [0, 0.05) is 17.3 Å². The zero-order valence-corrected chi connectivity index (χ0v) is 24.2. The molecule has 214 valence electrons. The number of hydrogen-bond donors (Lipinski definition) is 4. The molecule has 2 amide bonds. The molecule has 0 saturated heterocycles. The Balaban J connectivity index is 1.71. The van der Waals surface area contributed by atoms with Crippen LogP contribution in [-0.4, -0.2) is 61.9 Å². The van der Waals surface area contributed by atoms with E-state index in [0.29, 0.717) is 38.5 Å². The number of urea groups is 1. The predicted octanol–water partition coefficient (Wildman–Crippen LogP) is 2.73. The first kappa shape index (κ1) is 30.4. The Kier molecular flexibility index (Phi) is 10.5. The number of nitrogens with zero attached hydrogens (tertiary/aromatic N) is 2. The summed E-state index contributed by atoms with van der Waals surface area (Å²) in [5, 5.41) is 30.8. The fourth-order valence-electron chi connectivity index (χ4n) is 3.83. The van der Waals surface area contributed by atoms with Gasteiger partial charge in [0.2, 0.25) is 5.75 Å². The van der Waals surface area contributed by atoms with E-state index in [2.05, 4.69) is 21.2 Å². The SMILES string of the molecule is CCOc1cc([C@@H]2NC(=O)NC(C)=C2C(=O)OC)ccc1OC[C@@H](O)N/N=C\c1cc(I)c(OC)c([N+](=O)[O-])c1. The van der Waals surface area contributed by atoms with Crippen LogP contribution in [0.25, 0.3) is 0 Å². The molecule has 0 spiro atoms. The van der Waals surface area contributed by atoms with E-state index in [1.165, 1.54) is 26.5 Å². The van der Waals surface area contributed by atoms with Crippen molar-refractivity contribution in [2.75, 3.05) is 27.4 Å². The molecule has 2 aromatic rings. The van der Waals surface area contributed by atoms with Gasteiger partial charge in [-0.25, -0.2) is 9.59 Å². The van der Waals surface area contributed by atoms with E-state index in [1.54, 1.807) is 38.1 Å². The molecule has 15 heteroatoms. The Labute approximate surface area is 243 Å². The normalized spacial score (nSPS) is 15.7. The van der Waals surface area contributed by atoms with Crippen LogP contribution in [0.4, 0.5) is 10.5 Å². The Morgan fingerprint density at radius 3 is 2.67 bits per heavy atom. The summed E-state index contributed by atoms with van der Waals surface area (Å²) in [6.07, 6.45) is 0.0814. The number of ether oxygens (including phenoxy) is 4. The zero-order chi connectivity index (χ0) is 29.4. The van der Waals surface area contributed by atoms with Crippen molar-refractivity contribution in [3.63, 3.8) is 0 Å². The van der Waals surface area contributed by atoms with Gasteiger partial charge in [0.1, 0.15) is 6.61 Å². The topological polar surface area (TPSA) is 183 Å². The number of allylic oxidation sites excluding steroid dienone is 1. The molecule has 0 fully saturated rings. The van der Waals surface area contributed by atoms with Gasteiger partial charge in [-0.1, -0.05) is 6.07 Å². The first-order valence-electron chi connectivity index (χ1n) is 11.8. The van der Waals surface area contributed by atoms with Crippen LogP contribution in [0.3, 0.4) is 0 Å². The number of amides is 2. The molecule has 0 aromatic heterocycles. The van der Waals surface area contributed by atoms with Gasteiger partial charge in [0.05, 0.1) is 47.1 Å². The third kappa shape index (κ3) is 7.29. The number of aliphatic hydroxyl groups is 1. The monoisotopic (exact) mass is 669 g/mol. The highest BCUT2D eigenvalue weighted by Gasteiger charge is 2.32. The molecule has 2 aromatic carbocycles. The maximum Gasteiger partial charge on any atom is 0.337 e. The van der Waals surface area contributed by atoms with Gasteiger partial charge in [-0.15, -0.1) is 0 Å². The summed E-state index contributed by atoms with van der Waals surface area (Å²) < 4.78 is 21.9. The lowest BCUT2D eigenvalue weighted by Crippen LogP contribution is -2.45. The molecule has 4 N–H and O–H groups in total. The summed E-state index contributed by atoms with van der Waals surface area (Å²) in [6.45, 7) is 3.46. The molecule has 3 rings (SSSR count). The number of hydrogen-bond acceptors (Lipinski definition) is 11. The number of halogens is 1. The van der Waals surface area contributed by atoms with Crippen molar-refractivity contribution in [2.24, 2.45) is 5.10 Å². The molecular formula is C25H28IN5O9. The van der Waals surface area contributed by atoms with Crippen LogP contribution in [0.1, 0.15) is 31.0 Å². The molecule has 0 saturated carbocycles. The van der Waals surface area contributed by atoms with Crippen LogP contribution in [0.5, 0.6) is 17.2 Å². The number of carbonyl (C=O) groups is 2. The fraction of sp³-hybridized carbons (Fsp3) is 0.320. The van der Waals surface area contributed by atoms with Crippen LogP contribution in [-0.2, 0) is 9.53 Å². The predicted molar refractivity (Wildman–Crippen MR) is 151 cm³/mol. The molecule has 0 aliphatic carbocycles. The molecule has 2 atom stereocenters. The van der Waals surface area contributed by atoms with Crippen molar-refractivity contribution in [1.29, 1.82) is 0 Å². The number of aliphatic hydroxyl groups excluding tert-OH is 1. The highest BCUT2D eigenvalue weighted by Crippen LogP contribution is 2.35. The third-order valence-electron chi connectivity index (χ3n) is 5.56. The number of hydrazone groups is 1. The van der Waals surface area contributed by atoms with Gasteiger partial charge in [-0.2, -0.15) is 5.10 Å². The fourth-order valence-corrected chi connectivity index (χ4v) is 4.69. The molecule has 1 aliphatic rings. The molecule has 40 heavy (non-hydrogen) atoms. The molecular weight excluding hydrogens is 641 g/mol. The van der Waals surface area contributed by atoms with Gasteiger partial charge in [0.25, 0.3) is 0 Å². The van der Waals surface area contributed by atoms with E-state index in [-0.39, 0.29) is 23.6 Å². The third-order valence-corrected chi connectivity index (χ3v) is 6.36. The second-order valence-electron chi connectivity index (χ2n) is 8.23. The molecule has 0 unspecified atom stereocenters. The second-order valence-corrected chi connectivity index (χ2v) is 9.39. The van der Waals surface area contributed by atoms with Crippen LogP contribution >= 0.6 is 22.6 Å². The Hall–Kier alpha value is -4.12. The van der Waals surface area contributed by atoms with Crippen LogP contribution in [0, 0.1) is 13.7 Å². The first-order chi connectivity index (χ1) is 19.1. The summed E-state index contributed by atoms with van der Waals surface area (Å²) in [7, 11) is 2.60. The maximum atomic E-state index is 12.4. The van der Waals surface area contributed by atoms with Gasteiger partial charge >= 0.3 is 17.7 Å². The van der Waals surface area contributed by atoms with Crippen molar-refractivity contribution in [3.05, 3.63) is 66.4 Å². The van der Waals surface area contributed by atoms with E-state index < -0.39 is 29.2 Å². The highest BCUT2D eigenvalue weighted by atomic mass is 127. The minimum Gasteiger partial charge on any atom is -0.490 e. The van der Waals surface area contributed by atoms with E-state index in [4.69, 9.17) is 18.9 Å². The van der Waals surface area contributed by atoms with E-state index in [0.717, 1.165) is 0 Å². The summed E-state index contributed by atoms with van der Waals surface area (Å²) >= 11 is 1.92. The molecule has 1 aliphatic heterocycles. The molecule has 0 radical (unpaired) electrons. The van der Waals surface area contributed by atoms with E-state index in [1.807, 2.05) is 22.6 Å². The lowest BCUT2D eigenvalue weighted by atomic mass is 9.95. The smallest absolute Gasteiger partial charge is 0.337 e. The van der Waals surface area contributed by atoms with E-state index >= 15 is 0 Å². The maximum absolute atomic E-state index is 12.4.